The molecule has 4 aromatic heterocycles. The number of hydrogen-bond donors (Lipinski definition) is 1. The largest absolute Gasteiger partial charge is 0.329 e. The van der Waals surface area contributed by atoms with E-state index in [4.69, 9.17) is 0 Å². The van der Waals surface area contributed by atoms with Crippen molar-refractivity contribution in [3.63, 3.8) is 0 Å². The summed E-state index contributed by atoms with van der Waals surface area (Å²) < 4.78 is 35.0. The fourth-order valence-corrected chi connectivity index (χ4v) is 4.68. The van der Waals surface area contributed by atoms with Crippen LogP contribution in [-0.4, -0.2) is 29.6 Å². The summed E-state index contributed by atoms with van der Waals surface area (Å²) in [6.07, 6.45) is 10.9. The quantitative estimate of drug-likeness (QED) is 0.308. The third-order valence-corrected chi connectivity index (χ3v) is 6.91. The number of rotatable bonds is 6. The molecule has 0 bridgehead atoms. The van der Waals surface area contributed by atoms with E-state index < -0.39 is 11.6 Å². The highest BCUT2D eigenvalue weighted by Crippen LogP contribution is 2.38. The van der Waals surface area contributed by atoms with Crippen LogP contribution < -0.4 is 4.72 Å². The lowest BCUT2D eigenvalue weighted by molar-refractivity contribution is 0.576. The molecule has 9 heteroatoms. The Morgan fingerprint density at radius 2 is 1.76 bits per heavy atom. The third kappa shape index (κ3) is 4.03. The molecule has 0 radical (unpaired) electrons. The summed E-state index contributed by atoms with van der Waals surface area (Å²) in [4.78, 5) is 4.02. The number of fused-ring (bicyclic) bond motifs is 1. The SMILES string of the molecule is Cn1cc(-c2ccc3c(-c4cc(NSC5CC5)cc(-c5ncc(F)cc5F)c4)cnn3c2)cn1. The lowest BCUT2D eigenvalue weighted by atomic mass is 10.0. The van der Waals surface area contributed by atoms with Crippen LogP contribution in [-0.2, 0) is 7.05 Å². The van der Waals surface area contributed by atoms with Gasteiger partial charge in [-0.05, 0) is 54.6 Å². The van der Waals surface area contributed by atoms with E-state index in [0.29, 0.717) is 10.8 Å². The van der Waals surface area contributed by atoms with Gasteiger partial charge in [-0.25, -0.2) is 13.3 Å². The molecule has 1 N–H and O–H groups in total. The molecule has 0 unspecified atom stereocenters. The molecule has 1 aromatic carbocycles. The predicted octanol–water partition coefficient (Wildman–Crippen LogP) is 5.96. The van der Waals surface area contributed by atoms with Gasteiger partial charge in [0.05, 0.1) is 24.1 Å². The Morgan fingerprint density at radius 3 is 2.53 bits per heavy atom. The van der Waals surface area contributed by atoms with Crippen LogP contribution in [0.25, 0.3) is 39.0 Å². The number of aromatic nitrogens is 5. The molecule has 1 aliphatic rings. The average molecular weight is 475 g/mol. The fraction of sp³-hybridized carbons (Fsp3) is 0.160. The highest BCUT2D eigenvalue weighted by Gasteiger charge is 2.22. The molecule has 0 spiro atoms. The van der Waals surface area contributed by atoms with Crippen molar-refractivity contribution in [1.29, 1.82) is 0 Å². The van der Waals surface area contributed by atoms with Crippen molar-refractivity contribution < 1.29 is 8.78 Å². The Hall–Kier alpha value is -3.72. The zero-order chi connectivity index (χ0) is 23.2. The van der Waals surface area contributed by atoms with Crippen LogP contribution in [0.2, 0.25) is 0 Å². The molecule has 1 saturated carbocycles. The summed E-state index contributed by atoms with van der Waals surface area (Å²) in [7, 11) is 1.88. The van der Waals surface area contributed by atoms with E-state index in [1.54, 1.807) is 22.8 Å². The highest BCUT2D eigenvalue weighted by molar-refractivity contribution is 8.01. The van der Waals surface area contributed by atoms with Crippen molar-refractivity contribution >= 4 is 23.2 Å². The second kappa shape index (κ2) is 8.25. The van der Waals surface area contributed by atoms with Gasteiger partial charge in [0.2, 0.25) is 0 Å². The predicted molar refractivity (Wildman–Crippen MR) is 130 cm³/mol. The number of halogens is 2. The molecule has 1 fully saturated rings. The fourth-order valence-electron chi connectivity index (χ4n) is 3.89. The van der Waals surface area contributed by atoms with E-state index in [1.165, 1.54) is 12.8 Å². The molecular formula is C25H20F2N6S. The van der Waals surface area contributed by atoms with Crippen molar-refractivity contribution in [1.82, 2.24) is 24.4 Å². The van der Waals surface area contributed by atoms with Gasteiger partial charge in [-0.15, -0.1) is 0 Å². The minimum Gasteiger partial charge on any atom is -0.329 e. The molecule has 0 saturated heterocycles. The number of nitrogens with zero attached hydrogens (tertiary/aromatic N) is 5. The zero-order valence-corrected chi connectivity index (χ0v) is 19.1. The molecule has 4 heterocycles. The topological polar surface area (TPSA) is 60.0 Å². The van der Waals surface area contributed by atoms with Gasteiger partial charge in [0.15, 0.2) is 5.82 Å². The molecule has 0 amide bonds. The van der Waals surface area contributed by atoms with E-state index >= 15 is 0 Å². The van der Waals surface area contributed by atoms with E-state index in [-0.39, 0.29) is 5.69 Å². The van der Waals surface area contributed by atoms with E-state index in [1.807, 2.05) is 60.5 Å². The molecule has 5 aromatic rings. The van der Waals surface area contributed by atoms with Crippen molar-refractivity contribution in [2.24, 2.45) is 7.05 Å². The first-order chi connectivity index (χ1) is 16.5. The summed E-state index contributed by atoms with van der Waals surface area (Å²) in [5.41, 5.74) is 6.21. The second-order valence-electron chi connectivity index (χ2n) is 8.41. The number of nitrogens with one attached hydrogen (secondary N) is 1. The van der Waals surface area contributed by atoms with Crippen molar-refractivity contribution in [3.8, 4) is 33.5 Å². The van der Waals surface area contributed by atoms with E-state index in [2.05, 4.69) is 19.9 Å². The molecule has 0 atom stereocenters. The normalized spacial score (nSPS) is 13.5. The smallest absolute Gasteiger partial charge is 0.152 e. The summed E-state index contributed by atoms with van der Waals surface area (Å²) in [6.45, 7) is 0. The Labute approximate surface area is 198 Å². The maximum atomic E-state index is 14.6. The van der Waals surface area contributed by atoms with Crippen LogP contribution in [0.1, 0.15) is 12.8 Å². The van der Waals surface area contributed by atoms with Crippen molar-refractivity contribution in [2.45, 2.75) is 18.1 Å². The standard InChI is InChI=1S/C25H20F2N6S/c1-32-13-18(10-29-32)15-2-5-24-22(12-30-33(24)14-15)16-6-17(25-23(27)9-19(26)11-28-25)8-20(7-16)31-34-21-3-4-21/h2,5-14,21,31H,3-4H2,1H3. The molecule has 170 valence electrons. The van der Waals surface area contributed by atoms with Crippen LogP contribution in [0.15, 0.2) is 67.4 Å². The maximum absolute atomic E-state index is 14.6. The van der Waals surface area contributed by atoms with Crippen molar-refractivity contribution in [2.75, 3.05) is 4.72 Å². The van der Waals surface area contributed by atoms with Gasteiger partial charge in [0.25, 0.3) is 0 Å². The molecule has 1 aliphatic carbocycles. The van der Waals surface area contributed by atoms with Gasteiger partial charge < -0.3 is 4.72 Å². The summed E-state index contributed by atoms with van der Waals surface area (Å²) in [5, 5.41) is 9.39. The zero-order valence-electron chi connectivity index (χ0n) is 18.2. The Bertz CT molecular complexity index is 1520. The molecule has 6 nitrogen and oxygen atoms in total. The first kappa shape index (κ1) is 20.9. The first-order valence-electron chi connectivity index (χ1n) is 10.9. The van der Waals surface area contributed by atoms with Crippen LogP contribution in [0, 0.1) is 11.6 Å². The van der Waals surface area contributed by atoms with Crippen LogP contribution >= 0.6 is 11.9 Å². The Morgan fingerprint density at radius 1 is 0.912 bits per heavy atom. The second-order valence-corrected chi connectivity index (χ2v) is 9.52. The average Bonchev–Trinajstić information content (AvgIpc) is 3.40. The number of hydrogen-bond acceptors (Lipinski definition) is 5. The Balaban J connectivity index is 1.44. The van der Waals surface area contributed by atoms with Gasteiger partial charge >= 0.3 is 0 Å². The van der Waals surface area contributed by atoms with Gasteiger partial charge in [-0.2, -0.15) is 10.2 Å². The van der Waals surface area contributed by atoms with Gasteiger partial charge in [-0.3, -0.25) is 9.67 Å². The molecule has 0 aliphatic heterocycles. The molecular weight excluding hydrogens is 454 g/mol. The lowest BCUT2D eigenvalue weighted by Crippen LogP contribution is -1.95. The van der Waals surface area contributed by atoms with Gasteiger partial charge in [-0.1, -0.05) is 6.07 Å². The molecule has 34 heavy (non-hydrogen) atoms. The minimum absolute atomic E-state index is 0.109. The van der Waals surface area contributed by atoms with Crippen molar-refractivity contribution in [3.05, 3.63) is 79.0 Å². The number of aryl methyl sites for hydroxylation is 1. The van der Waals surface area contributed by atoms with Gasteiger partial charge in [0.1, 0.15) is 11.5 Å². The van der Waals surface area contributed by atoms with Crippen LogP contribution in [0.3, 0.4) is 0 Å². The maximum Gasteiger partial charge on any atom is 0.152 e. The number of anilines is 1. The minimum atomic E-state index is -0.702. The Kier molecular flexibility index (Phi) is 5.06. The van der Waals surface area contributed by atoms with Crippen LogP contribution in [0.5, 0.6) is 0 Å². The summed E-state index contributed by atoms with van der Waals surface area (Å²) in [6, 6.07) is 10.6. The monoisotopic (exact) mass is 474 g/mol. The third-order valence-electron chi connectivity index (χ3n) is 5.75. The molecule has 6 rings (SSSR count). The van der Waals surface area contributed by atoms with E-state index in [0.717, 1.165) is 45.7 Å². The lowest BCUT2D eigenvalue weighted by Gasteiger charge is -2.11. The summed E-state index contributed by atoms with van der Waals surface area (Å²) >= 11 is 1.66. The number of benzene rings is 1. The first-order valence-corrected chi connectivity index (χ1v) is 11.8. The van der Waals surface area contributed by atoms with Gasteiger partial charge in [0, 0.05) is 58.7 Å². The van der Waals surface area contributed by atoms with Crippen LogP contribution in [0.4, 0.5) is 14.5 Å². The highest BCUT2D eigenvalue weighted by atomic mass is 32.2. The summed E-state index contributed by atoms with van der Waals surface area (Å²) in [5.74, 6) is -1.40. The number of pyridine rings is 2. The van der Waals surface area contributed by atoms with E-state index in [9.17, 15) is 8.78 Å².